The third-order valence-electron chi connectivity index (χ3n) is 2.83. The number of carbonyl (C=O) groups excluding carboxylic acids is 1. The van der Waals surface area contributed by atoms with Gasteiger partial charge in [0.1, 0.15) is 11.2 Å². The van der Waals surface area contributed by atoms with Gasteiger partial charge in [0.15, 0.2) is 0 Å². The molecule has 0 radical (unpaired) electrons. The summed E-state index contributed by atoms with van der Waals surface area (Å²) in [6, 6.07) is 7.05. The van der Waals surface area contributed by atoms with Crippen molar-refractivity contribution in [2.24, 2.45) is 0 Å². The molecule has 0 fully saturated rings. The Labute approximate surface area is 132 Å². The van der Waals surface area contributed by atoms with Gasteiger partial charge >= 0.3 is 5.97 Å². The van der Waals surface area contributed by atoms with Crippen LogP contribution in [0.15, 0.2) is 52.2 Å². The van der Waals surface area contributed by atoms with E-state index in [1.165, 1.54) is 36.6 Å². The fourth-order valence-corrected chi connectivity index (χ4v) is 2.67. The predicted octanol–water partition coefficient (Wildman–Crippen LogP) is 1.28. The molecule has 0 spiro atoms. The largest absolute Gasteiger partial charge is 0.481 e. The number of anilines is 1. The van der Waals surface area contributed by atoms with E-state index in [0.717, 1.165) is 6.26 Å². The SMILES string of the molecule is O=C(O)CCNC(=O)c1ccc(NS(=O)(=O)c2ccoc2)cc1. The molecule has 1 aromatic carbocycles. The van der Waals surface area contributed by atoms with Gasteiger partial charge in [-0.3, -0.25) is 14.3 Å². The number of hydrogen-bond acceptors (Lipinski definition) is 5. The van der Waals surface area contributed by atoms with Crippen molar-refractivity contribution >= 4 is 27.6 Å². The van der Waals surface area contributed by atoms with Crippen molar-refractivity contribution in [1.29, 1.82) is 0 Å². The highest BCUT2D eigenvalue weighted by Gasteiger charge is 2.15. The van der Waals surface area contributed by atoms with E-state index in [-0.39, 0.29) is 23.5 Å². The molecule has 122 valence electrons. The van der Waals surface area contributed by atoms with Crippen LogP contribution in [0.2, 0.25) is 0 Å². The van der Waals surface area contributed by atoms with Gasteiger partial charge in [-0.25, -0.2) is 8.42 Å². The number of furan rings is 1. The molecule has 0 aliphatic carbocycles. The van der Waals surface area contributed by atoms with Crippen molar-refractivity contribution in [1.82, 2.24) is 5.32 Å². The standard InChI is InChI=1S/C14H14N2O6S/c17-13(18)5-7-15-14(19)10-1-3-11(4-2-10)16-23(20,21)12-6-8-22-9-12/h1-4,6,8-9,16H,5,7H2,(H,15,19)(H,17,18). The van der Waals surface area contributed by atoms with Crippen molar-refractivity contribution < 1.29 is 27.5 Å². The van der Waals surface area contributed by atoms with Crippen LogP contribution in [0.25, 0.3) is 0 Å². The maximum Gasteiger partial charge on any atom is 0.305 e. The molecule has 9 heteroatoms. The highest BCUT2D eigenvalue weighted by molar-refractivity contribution is 7.92. The average Bonchev–Trinajstić information content (AvgIpc) is 3.02. The monoisotopic (exact) mass is 338 g/mol. The molecule has 0 atom stereocenters. The lowest BCUT2D eigenvalue weighted by molar-refractivity contribution is -0.136. The molecular weight excluding hydrogens is 324 g/mol. The van der Waals surface area contributed by atoms with E-state index in [1.807, 2.05) is 0 Å². The second kappa shape index (κ2) is 6.97. The number of carbonyl (C=O) groups is 2. The zero-order chi connectivity index (χ0) is 16.9. The Morgan fingerprint density at radius 1 is 1.13 bits per heavy atom. The topological polar surface area (TPSA) is 126 Å². The average molecular weight is 338 g/mol. The molecule has 0 aliphatic heterocycles. The molecule has 1 aromatic heterocycles. The van der Waals surface area contributed by atoms with Crippen LogP contribution < -0.4 is 10.0 Å². The normalized spacial score (nSPS) is 11.0. The lowest BCUT2D eigenvalue weighted by Crippen LogP contribution is -2.25. The highest BCUT2D eigenvalue weighted by Crippen LogP contribution is 2.16. The van der Waals surface area contributed by atoms with Gasteiger partial charge in [-0.05, 0) is 30.3 Å². The summed E-state index contributed by atoms with van der Waals surface area (Å²) in [6.45, 7) is 0.0169. The third-order valence-corrected chi connectivity index (χ3v) is 4.19. The maximum atomic E-state index is 12.0. The van der Waals surface area contributed by atoms with Crippen LogP contribution in [0.4, 0.5) is 5.69 Å². The molecule has 3 N–H and O–H groups in total. The van der Waals surface area contributed by atoms with Gasteiger partial charge in [-0.15, -0.1) is 0 Å². The van der Waals surface area contributed by atoms with Gasteiger partial charge in [0, 0.05) is 17.8 Å². The van der Waals surface area contributed by atoms with Gasteiger partial charge in [-0.1, -0.05) is 0 Å². The van der Waals surface area contributed by atoms with Crippen LogP contribution >= 0.6 is 0 Å². The fourth-order valence-electron chi connectivity index (χ4n) is 1.69. The molecular formula is C14H14N2O6S. The summed E-state index contributed by atoms with van der Waals surface area (Å²) in [7, 11) is -3.74. The second-order valence-electron chi connectivity index (χ2n) is 4.54. The van der Waals surface area contributed by atoms with Crippen molar-refractivity contribution in [3.63, 3.8) is 0 Å². The van der Waals surface area contributed by atoms with Crippen molar-refractivity contribution in [2.75, 3.05) is 11.3 Å². The second-order valence-corrected chi connectivity index (χ2v) is 6.22. The molecule has 8 nitrogen and oxygen atoms in total. The minimum atomic E-state index is -3.74. The van der Waals surface area contributed by atoms with E-state index >= 15 is 0 Å². The number of nitrogens with one attached hydrogen (secondary N) is 2. The van der Waals surface area contributed by atoms with E-state index in [0.29, 0.717) is 5.56 Å². The number of amides is 1. The first-order valence-corrected chi connectivity index (χ1v) is 8.02. The van der Waals surface area contributed by atoms with Crippen LogP contribution in [-0.2, 0) is 14.8 Å². The van der Waals surface area contributed by atoms with Gasteiger partial charge in [0.05, 0.1) is 12.7 Å². The summed E-state index contributed by atoms with van der Waals surface area (Å²) >= 11 is 0. The van der Waals surface area contributed by atoms with Crippen LogP contribution in [0, 0.1) is 0 Å². The zero-order valence-corrected chi connectivity index (χ0v) is 12.7. The first-order chi connectivity index (χ1) is 10.9. The molecule has 1 amide bonds. The Morgan fingerprint density at radius 2 is 1.83 bits per heavy atom. The molecule has 2 aromatic rings. The minimum absolute atomic E-state index is 0.00649. The van der Waals surface area contributed by atoms with E-state index in [9.17, 15) is 18.0 Å². The van der Waals surface area contributed by atoms with Crippen LogP contribution in [-0.4, -0.2) is 31.9 Å². The highest BCUT2D eigenvalue weighted by atomic mass is 32.2. The first-order valence-electron chi connectivity index (χ1n) is 6.53. The Morgan fingerprint density at radius 3 is 2.39 bits per heavy atom. The number of sulfonamides is 1. The molecule has 1 heterocycles. The predicted molar refractivity (Wildman–Crippen MR) is 80.5 cm³/mol. The van der Waals surface area contributed by atoms with Gasteiger partial charge < -0.3 is 14.8 Å². The third kappa shape index (κ3) is 4.58. The van der Waals surface area contributed by atoms with E-state index in [4.69, 9.17) is 9.52 Å². The van der Waals surface area contributed by atoms with E-state index in [2.05, 4.69) is 10.0 Å². The summed E-state index contributed by atoms with van der Waals surface area (Å²) in [5, 5.41) is 10.9. The van der Waals surface area contributed by atoms with Crippen LogP contribution in [0.1, 0.15) is 16.8 Å². The smallest absolute Gasteiger partial charge is 0.305 e. The van der Waals surface area contributed by atoms with Crippen LogP contribution in [0.3, 0.4) is 0 Å². The number of rotatable bonds is 7. The summed E-state index contributed by atoms with van der Waals surface area (Å²) in [6.07, 6.45) is 2.18. The van der Waals surface area contributed by atoms with Gasteiger partial charge in [0.25, 0.3) is 15.9 Å². The number of carboxylic acids is 1. The molecule has 23 heavy (non-hydrogen) atoms. The number of benzene rings is 1. The summed E-state index contributed by atoms with van der Waals surface area (Å²) in [5.41, 5.74) is 0.579. The zero-order valence-electron chi connectivity index (χ0n) is 11.9. The van der Waals surface area contributed by atoms with Crippen molar-refractivity contribution in [2.45, 2.75) is 11.3 Å². The van der Waals surface area contributed by atoms with E-state index < -0.39 is 21.9 Å². The van der Waals surface area contributed by atoms with Crippen molar-refractivity contribution in [3.8, 4) is 0 Å². The molecule has 0 saturated heterocycles. The quantitative estimate of drug-likeness (QED) is 0.698. The minimum Gasteiger partial charge on any atom is -0.481 e. The molecule has 2 rings (SSSR count). The lowest BCUT2D eigenvalue weighted by Gasteiger charge is -2.07. The summed E-state index contributed by atoms with van der Waals surface area (Å²) < 4.78 is 31.0. The van der Waals surface area contributed by atoms with E-state index in [1.54, 1.807) is 0 Å². The number of hydrogen-bond donors (Lipinski definition) is 3. The number of carboxylic acid groups (broad SMARTS) is 1. The Kier molecular flexibility index (Phi) is 5.02. The Balaban J connectivity index is 1.99. The van der Waals surface area contributed by atoms with Crippen molar-refractivity contribution in [3.05, 3.63) is 48.4 Å². The summed E-state index contributed by atoms with van der Waals surface area (Å²) in [4.78, 5) is 22.1. The molecule has 0 saturated carbocycles. The first kappa shape index (κ1) is 16.6. The number of aliphatic carboxylic acids is 1. The molecule has 0 aliphatic rings. The Bertz CT molecular complexity index is 781. The lowest BCUT2D eigenvalue weighted by atomic mass is 10.2. The molecule has 0 unspecified atom stereocenters. The summed E-state index contributed by atoms with van der Waals surface area (Å²) in [5.74, 6) is -1.44. The van der Waals surface area contributed by atoms with Crippen LogP contribution in [0.5, 0.6) is 0 Å². The van der Waals surface area contributed by atoms with Gasteiger partial charge in [0.2, 0.25) is 0 Å². The fraction of sp³-hybridized carbons (Fsp3) is 0.143. The molecule has 0 bridgehead atoms. The Hall–Kier alpha value is -2.81. The maximum absolute atomic E-state index is 12.0. The van der Waals surface area contributed by atoms with Gasteiger partial charge in [-0.2, -0.15) is 0 Å².